The first-order valence-electron chi connectivity index (χ1n) is 8.08. The normalized spacial score (nSPS) is 14.5. The maximum Gasteiger partial charge on any atom is 0.323 e. The largest absolute Gasteiger partial charge is 0.497 e. The highest BCUT2D eigenvalue weighted by Crippen LogP contribution is 2.12. The van der Waals surface area contributed by atoms with Crippen LogP contribution in [0.4, 0.5) is 0 Å². The summed E-state index contributed by atoms with van der Waals surface area (Å²) in [6.07, 6.45) is -0.813. The molecule has 2 rings (SSSR count). The van der Waals surface area contributed by atoms with E-state index in [0.29, 0.717) is 13.0 Å². The maximum atomic E-state index is 11.5. The van der Waals surface area contributed by atoms with Crippen LogP contribution < -0.4 is 15.8 Å². The van der Waals surface area contributed by atoms with E-state index in [0.717, 1.165) is 16.9 Å². The fourth-order valence-corrected chi connectivity index (χ4v) is 2.58. The van der Waals surface area contributed by atoms with E-state index in [9.17, 15) is 15.0 Å². The van der Waals surface area contributed by atoms with Gasteiger partial charge in [0.1, 0.15) is 11.8 Å². The van der Waals surface area contributed by atoms with E-state index in [1.54, 1.807) is 19.2 Å². The molecule has 0 unspecified atom stereocenters. The molecule has 134 valence electrons. The number of nitrogens with two attached hydrogens (primary N) is 1. The Kier molecular flexibility index (Phi) is 6.94. The third kappa shape index (κ3) is 5.56. The first-order chi connectivity index (χ1) is 12.0. The molecule has 25 heavy (non-hydrogen) atoms. The number of carboxylic acids is 1. The minimum atomic E-state index is -1.21. The number of carbonyl (C=O) groups is 1. The van der Waals surface area contributed by atoms with Crippen molar-refractivity contribution in [3.8, 4) is 5.75 Å². The van der Waals surface area contributed by atoms with Crippen molar-refractivity contribution in [3.63, 3.8) is 0 Å². The number of methoxy groups -OCH3 is 1. The molecule has 6 heteroatoms. The molecule has 0 aliphatic carbocycles. The van der Waals surface area contributed by atoms with E-state index in [2.05, 4.69) is 5.32 Å². The van der Waals surface area contributed by atoms with Gasteiger partial charge in [0.2, 0.25) is 0 Å². The Hall–Kier alpha value is -2.41. The highest BCUT2D eigenvalue weighted by Gasteiger charge is 2.30. The van der Waals surface area contributed by atoms with E-state index in [-0.39, 0.29) is 0 Å². The SMILES string of the molecule is COc1ccc(CN[C@@H](C(=O)O)[C@H](O)[C@@H](N)Cc2ccccc2)cc1. The molecule has 3 atom stereocenters. The predicted molar refractivity (Wildman–Crippen MR) is 95.4 cm³/mol. The molecule has 0 radical (unpaired) electrons. The number of aliphatic hydroxyl groups excluding tert-OH is 1. The third-order valence-corrected chi connectivity index (χ3v) is 4.05. The standard InChI is InChI=1S/C19H24N2O4/c1-25-15-9-7-14(8-10-15)12-21-17(19(23)24)18(22)16(20)11-13-5-3-2-4-6-13/h2-10,16-18,21-22H,11-12,20H2,1H3,(H,23,24)/t16-,17+,18+/m0/s1. The number of aliphatic hydroxyl groups is 1. The number of benzene rings is 2. The molecule has 0 spiro atoms. The molecule has 0 amide bonds. The van der Waals surface area contributed by atoms with Gasteiger partial charge in [-0.3, -0.25) is 10.1 Å². The third-order valence-electron chi connectivity index (χ3n) is 4.05. The molecule has 0 fully saturated rings. The number of nitrogens with one attached hydrogen (secondary N) is 1. The van der Waals surface area contributed by atoms with Crippen molar-refractivity contribution in [2.75, 3.05) is 7.11 Å². The molecule has 2 aromatic carbocycles. The predicted octanol–water partition coefficient (Wildman–Crippen LogP) is 1.17. The zero-order chi connectivity index (χ0) is 18.2. The summed E-state index contributed by atoms with van der Waals surface area (Å²) in [6.45, 7) is 0.302. The van der Waals surface area contributed by atoms with Gasteiger partial charge >= 0.3 is 5.97 Å². The summed E-state index contributed by atoms with van der Waals surface area (Å²) < 4.78 is 5.09. The lowest BCUT2D eigenvalue weighted by molar-refractivity contribution is -0.143. The van der Waals surface area contributed by atoms with Crippen molar-refractivity contribution >= 4 is 5.97 Å². The minimum Gasteiger partial charge on any atom is -0.497 e. The van der Waals surface area contributed by atoms with Crippen molar-refractivity contribution < 1.29 is 19.7 Å². The Labute approximate surface area is 147 Å². The van der Waals surface area contributed by atoms with Gasteiger partial charge in [-0.15, -0.1) is 0 Å². The molecule has 0 aliphatic rings. The molecule has 6 nitrogen and oxygen atoms in total. The zero-order valence-corrected chi connectivity index (χ0v) is 14.1. The van der Waals surface area contributed by atoms with Gasteiger partial charge in [-0.2, -0.15) is 0 Å². The fourth-order valence-electron chi connectivity index (χ4n) is 2.58. The summed E-state index contributed by atoms with van der Waals surface area (Å²) in [5.74, 6) is -0.409. The number of carboxylic acid groups (broad SMARTS) is 1. The van der Waals surface area contributed by atoms with E-state index < -0.39 is 24.2 Å². The Morgan fingerprint density at radius 1 is 1.12 bits per heavy atom. The average Bonchev–Trinajstić information content (AvgIpc) is 2.62. The summed E-state index contributed by atoms with van der Waals surface area (Å²) in [5.41, 5.74) is 7.86. The maximum absolute atomic E-state index is 11.5. The van der Waals surface area contributed by atoms with Crippen LogP contribution >= 0.6 is 0 Å². The number of hydrogen-bond acceptors (Lipinski definition) is 5. The molecule has 0 aliphatic heterocycles. The molecule has 0 heterocycles. The topological polar surface area (TPSA) is 105 Å². The number of hydrogen-bond donors (Lipinski definition) is 4. The van der Waals surface area contributed by atoms with Gasteiger partial charge in [0, 0.05) is 12.6 Å². The number of ether oxygens (including phenoxy) is 1. The summed E-state index contributed by atoms with van der Waals surface area (Å²) in [7, 11) is 1.58. The molecule has 5 N–H and O–H groups in total. The summed E-state index contributed by atoms with van der Waals surface area (Å²) in [5, 5.41) is 22.7. The summed E-state index contributed by atoms with van der Waals surface area (Å²) in [6, 6.07) is 14.9. The molecular formula is C19H24N2O4. The van der Waals surface area contributed by atoms with E-state index in [1.165, 1.54) is 0 Å². The van der Waals surface area contributed by atoms with Gasteiger partial charge in [0.15, 0.2) is 0 Å². The van der Waals surface area contributed by atoms with Gasteiger partial charge in [-0.25, -0.2) is 0 Å². The molecule has 0 bridgehead atoms. The number of rotatable bonds is 9. The second kappa shape index (κ2) is 9.17. The lowest BCUT2D eigenvalue weighted by Crippen LogP contribution is -2.54. The van der Waals surface area contributed by atoms with Crippen LogP contribution in [0.15, 0.2) is 54.6 Å². The van der Waals surface area contributed by atoms with Crippen molar-refractivity contribution in [2.45, 2.75) is 31.2 Å². The smallest absolute Gasteiger partial charge is 0.323 e. The summed E-state index contributed by atoms with van der Waals surface area (Å²) >= 11 is 0. The Bertz CT molecular complexity index is 661. The first-order valence-corrected chi connectivity index (χ1v) is 8.08. The van der Waals surface area contributed by atoms with Crippen molar-refractivity contribution in [1.29, 1.82) is 0 Å². The lowest BCUT2D eigenvalue weighted by atomic mass is 9.97. The number of aliphatic carboxylic acids is 1. The van der Waals surface area contributed by atoms with E-state index >= 15 is 0 Å². The Morgan fingerprint density at radius 3 is 2.32 bits per heavy atom. The van der Waals surface area contributed by atoms with E-state index in [1.807, 2.05) is 42.5 Å². The minimum absolute atomic E-state index is 0.302. The van der Waals surface area contributed by atoms with Gasteiger partial charge in [-0.1, -0.05) is 42.5 Å². The Morgan fingerprint density at radius 2 is 1.76 bits per heavy atom. The monoisotopic (exact) mass is 344 g/mol. The van der Waals surface area contributed by atoms with Crippen LogP contribution in [0.1, 0.15) is 11.1 Å². The molecule has 0 saturated heterocycles. The van der Waals surface area contributed by atoms with Crippen molar-refractivity contribution in [3.05, 3.63) is 65.7 Å². The van der Waals surface area contributed by atoms with Crippen LogP contribution in [0.5, 0.6) is 5.75 Å². The average molecular weight is 344 g/mol. The highest BCUT2D eigenvalue weighted by atomic mass is 16.5. The second-order valence-electron chi connectivity index (χ2n) is 5.89. The van der Waals surface area contributed by atoms with Crippen LogP contribution in [0.3, 0.4) is 0 Å². The molecule has 0 aromatic heterocycles. The molecule has 0 saturated carbocycles. The van der Waals surface area contributed by atoms with Crippen molar-refractivity contribution in [2.24, 2.45) is 5.73 Å². The van der Waals surface area contributed by atoms with Gasteiger partial charge < -0.3 is 20.7 Å². The quantitative estimate of drug-likeness (QED) is 0.544. The first kappa shape index (κ1) is 18.9. The van der Waals surface area contributed by atoms with E-state index in [4.69, 9.17) is 10.5 Å². The molecule has 2 aromatic rings. The fraction of sp³-hybridized carbons (Fsp3) is 0.316. The van der Waals surface area contributed by atoms with Crippen LogP contribution in [0.25, 0.3) is 0 Å². The molecular weight excluding hydrogens is 320 g/mol. The van der Waals surface area contributed by atoms with Crippen molar-refractivity contribution in [1.82, 2.24) is 5.32 Å². The van der Waals surface area contributed by atoms with Crippen LogP contribution in [-0.4, -0.2) is 41.5 Å². The van der Waals surface area contributed by atoms with Crippen LogP contribution in [0.2, 0.25) is 0 Å². The highest BCUT2D eigenvalue weighted by molar-refractivity contribution is 5.74. The van der Waals surface area contributed by atoms with Gasteiger partial charge in [-0.05, 0) is 29.7 Å². The zero-order valence-electron chi connectivity index (χ0n) is 14.1. The lowest BCUT2D eigenvalue weighted by Gasteiger charge is -2.25. The van der Waals surface area contributed by atoms with Crippen LogP contribution in [0, 0.1) is 0 Å². The summed E-state index contributed by atoms with van der Waals surface area (Å²) in [4.78, 5) is 11.5. The second-order valence-corrected chi connectivity index (χ2v) is 5.89. The van der Waals surface area contributed by atoms with Gasteiger partial charge in [0.05, 0.1) is 13.2 Å². The Balaban J connectivity index is 1.97. The van der Waals surface area contributed by atoms with Gasteiger partial charge in [0.25, 0.3) is 0 Å². The van der Waals surface area contributed by atoms with Crippen LogP contribution in [-0.2, 0) is 17.8 Å².